The Labute approximate surface area is 209 Å². The molecule has 0 radical (unpaired) electrons. The predicted molar refractivity (Wildman–Crippen MR) is 131 cm³/mol. The molecule has 0 saturated carbocycles. The number of hydrogen-bond donors (Lipinski definition) is 1. The van der Waals surface area contributed by atoms with E-state index in [0.717, 1.165) is 28.8 Å². The molecule has 1 atom stereocenters. The SMILES string of the molecule is Cc1cc(C)c(S(=O)(=O)N2Cc3ccccc3CC2C(=O)NCc2cccc(C(F)(F)F)c2)c(C)c1. The quantitative estimate of drug-likeness (QED) is 0.516. The molecule has 0 bridgehead atoms. The first-order valence-electron chi connectivity index (χ1n) is 11.5. The van der Waals surface area contributed by atoms with E-state index in [9.17, 15) is 26.4 Å². The number of alkyl halides is 3. The van der Waals surface area contributed by atoms with Crippen molar-refractivity contribution in [2.24, 2.45) is 0 Å². The Bertz CT molecular complexity index is 1390. The summed E-state index contributed by atoms with van der Waals surface area (Å²) < 4.78 is 68.3. The summed E-state index contributed by atoms with van der Waals surface area (Å²) in [7, 11) is -4.06. The lowest BCUT2D eigenvalue weighted by Gasteiger charge is -2.35. The van der Waals surface area contributed by atoms with Gasteiger partial charge in [-0.1, -0.05) is 54.1 Å². The van der Waals surface area contributed by atoms with Crippen LogP contribution >= 0.6 is 0 Å². The van der Waals surface area contributed by atoms with Crippen molar-refractivity contribution < 1.29 is 26.4 Å². The van der Waals surface area contributed by atoms with Crippen molar-refractivity contribution in [3.63, 3.8) is 0 Å². The topological polar surface area (TPSA) is 66.5 Å². The average Bonchev–Trinajstić information content (AvgIpc) is 2.80. The molecule has 0 spiro atoms. The van der Waals surface area contributed by atoms with Crippen LogP contribution < -0.4 is 5.32 Å². The number of carbonyl (C=O) groups excluding carboxylic acids is 1. The van der Waals surface area contributed by atoms with Gasteiger partial charge in [-0.15, -0.1) is 0 Å². The van der Waals surface area contributed by atoms with Crippen molar-refractivity contribution in [1.82, 2.24) is 9.62 Å². The molecule has 1 unspecified atom stereocenters. The number of halogens is 3. The molecule has 190 valence electrons. The first kappa shape index (κ1) is 25.9. The number of aryl methyl sites for hydroxylation is 3. The zero-order valence-corrected chi connectivity index (χ0v) is 21.0. The van der Waals surface area contributed by atoms with Gasteiger partial charge in [0, 0.05) is 13.1 Å². The maximum atomic E-state index is 13.9. The minimum absolute atomic E-state index is 0.0207. The summed E-state index contributed by atoms with van der Waals surface area (Å²) in [6.07, 6.45) is -4.34. The molecule has 1 aliphatic heterocycles. The van der Waals surface area contributed by atoms with Crippen molar-refractivity contribution in [2.75, 3.05) is 0 Å². The highest BCUT2D eigenvalue weighted by atomic mass is 32.2. The lowest BCUT2D eigenvalue weighted by molar-refractivity contribution is -0.137. The van der Waals surface area contributed by atoms with Gasteiger partial charge in [-0.2, -0.15) is 17.5 Å². The first-order chi connectivity index (χ1) is 16.9. The molecule has 0 saturated heterocycles. The zero-order chi connectivity index (χ0) is 26.3. The van der Waals surface area contributed by atoms with Crippen LogP contribution in [0.5, 0.6) is 0 Å². The fourth-order valence-corrected chi connectivity index (χ4v) is 6.81. The summed E-state index contributed by atoms with van der Waals surface area (Å²) in [6, 6.07) is 14.6. The van der Waals surface area contributed by atoms with Gasteiger partial charge >= 0.3 is 6.18 Å². The van der Waals surface area contributed by atoms with E-state index in [-0.39, 0.29) is 30.0 Å². The maximum absolute atomic E-state index is 13.9. The Hall–Kier alpha value is -3.17. The van der Waals surface area contributed by atoms with Crippen molar-refractivity contribution in [2.45, 2.75) is 57.4 Å². The summed E-state index contributed by atoms with van der Waals surface area (Å²) in [5, 5.41) is 2.66. The molecule has 0 fully saturated rings. The number of benzene rings is 3. The smallest absolute Gasteiger partial charge is 0.351 e. The Balaban J connectivity index is 1.67. The number of rotatable bonds is 5. The van der Waals surface area contributed by atoms with Crippen LogP contribution in [0, 0.1) is 20.8 Å². The third-order valence-electron chi connectivity index (χ3n) is 6.40. The molecule has 3 aromatic rings. The van der Waals surface area contributed by atoms with Crippen LogP contribution in [0.2, 0.25) is 0 Å². The number of nitrogens with one attached hydrogen (secondary N) is 1. The van der Waals surface area contributed by atoms with Gasteiger partial charge in [0.15, 0.2) is 0 Å². The third kappa shape index (κ3) is 5.17. The Morgan fingerprint density at radius 2 is 1.61 bits per heavy atom. The molecule has 4 rings (SSSR count). The van der Waals surface area contributed by atoms with E-state index in [1.54, 1.807) is 26.0 Å². The van der Waals surface area contributed by atoms with E-state index in [1.165, 1.54) is 16.4 Å². The highest BCUT2D eigenvalue weighted by molar-refractivity contribution is 7.89. The van der Waals surface area contributed by atoms with Gasteiger partial charge in [-0.25, -0.2) is 8.42 Å². The highest BCUT2D eigenvalue weighted by Gasteiger charge is 2.40. The van der Waals surface area contributed by atoms with Gasteiger partial charge in [0.1, 0.15) is 6.04 Å². The Kier molecular flexibility index (Phi) is 6.99. The number of carbonyl (C=O) groups is 1. The molecule has 0 aliphatic carbocycles. The van der Waals surface area contributed by atoms with Crippen LogP contribution in [0.15, 0.2) is 65.6 Å². The maximum Gasteiger partial charge on any atom is 0.416 e. The summed E-state index contributed by atoms with van der Waals surface area (Å²) in [6.45, 7) is 5.21. The molecule has 1 amide bonds. The van der Waals surface area contributed by atoms with Crippen LogP contribution in [0.4, 0.5) is 13.2 Å². The average molecular weight is 517 g/mol. The molecular formula is C27H27F3N2O3S. The largest absolute Gasteiger partial charge is 0.416 e. The third-order valence-corrected chi connectivity index (χ3v) is 8.56. The molecule has 36 heavy (non-hydrogen) atoms. The number of amides is 1. The monoisotopic (exact) mass is 516 g/mol. The molecule has 0 aromatic heterocycles. The van der Waals surface area contributed by atoms with Crippen LogP contribution in [0.3, 0.4) is 0 Å². The van der Waals surface area contributed by atoms with Crippen LogP contribution in [0.25, 0.3) is 0 Å². The van der Waals surface area contributed by atoms with E-state index in [0.29, 0.717) is 11.1 Å². The van der Waals surface area contributed by atoms with E-state index >= 15 is 0 Å². The summed E-state index contributed by atoms with van der Waals surface area (Å²) in [4.78, 5) is 13.5. The number of sulfonamides is 1. The number of hydrogen-bond acceptors (Lipinski definition) is 3. The van der Waals surface area contributed by atoms with E-state index in [2.05, 4.69) is 5.32 Å². The minimum atomic E-state index is -4.50. The molecule has 3 aromatic carbocycles. The summed E-state index contributed by atoms with van der Waals surface area (Å²) in [5.41, 5.74) is 3.25. The summed E-state index contributed by atoms with van der Waals surface area (Å²) >= 11 is 0. The van der Waals surface area contributed by atoms with Gasteiger partial charge in [0.05, 0.1) is 10.5 Å². The predicted octanol–water partition coefficient (Wildman–Crippen LogP) is 5.06. The molecule has 9 heteroatoms. The second kappa shape index (κ2) is 9.71. The first-order valence-corrected chi connectivity index (χ1v) is 12.9. The fraction of sp³-hybridized carbons (Fsp3) is 0.296. The van der Waals surface area contributed by atoms with E-state index in [4.69, 9.17) is 0 Å². The van der Waals surface area contributed by atoms with Gasteiger partial charge in [-0.05, 0) is 67.1 Å². The second-order valence-corrected chi connectivity index (χ2v) is 11.0. The molecule has 5 nitrogen and oxygen atoms in total. The molecular weight excluding hydrogens is 489 g/mol. The molecule has 1 aliphatic rings. The minimum Gasteiger partial charge on any atom is -0.351 e. The van der Waals surface area contributed by atoms with Crippen molar-refractivity contribution in [3.8, 4) is 0 Å². The normalized spacial score (nSPS) is 16.4. The highest BCUT2D eigenvalue weighted by Crippen LogP contribution is 2.33. The number of fused-ring (bicyclic) bond motifs is 1. The van der Waals surface area contributed by atoms with Gasteiger partial charge in [0.2, 0.25) is 15.9 Å². The van der Waals surface area contributed by atoms with Crippen LogP contribution in [0.1, 0.15) is 38.9 Å². The number of nitrogens with zero attached hydrogens (tertiary/aromatic N) is 1. The zero-order valence-electron chi connectivity index (χ0n) is 20.2. The Morgan fingerprint density at radius 1 is 0.972 bits per heavy atom. The van der Waals surface area contributed by atoms with Gasteiger partial charge < -0.3 is 5.32 Å². The van der Waals surface area contributed by atoms with E-state index in [1.807, 2.05) is 31.2 Å². The lowest BCUT2D eigenvalue weighted by Crippen LogP contribution is -2.52. The van der Waals surface area contributed by atoms with Gasteiger partial charge in [-0.3, -0.25) is 4.79 Å². The van der Waals surface area contributed by atoms with Crippen LogP contribution in [-0.4, -0.2) is 24.7 Å². The molecule has 1 heterocycles. The van der Waals surface area contributed by atoms with Gasteiger partial charge in [0.25, 0.3) is 0 Å². The second-order valence-electron chi connectivity index (χ2n) is 9.18. The molecule has 1 N–H and O–H groups in total. The summed E-state index contributed by atoms with van der Waals surface area (Å²) in [5.74, 6) is -0.562. The van der Waals surface area contributed by atoms with Crippen molar-refractivity contribution in [3.05, 3.63) is 99.6 Å². The standard InChI is InChI=1S/C27H27F3N2O3S/c1-17-11-18(2)25(19(3)12-17)36(34,35)32-16-22-9-5-4-8-21(22)14-24(32)26(33)31-15-20-7-6-10-23(13-20)27(28,29)30/h4-13,24H,14-16H2,1-3H3,(H,31,33). The Morgan fingerprint density at radius 3 is 2.25 bits per heavy atom. The van der Waals surface area contributed by atoms with Crippen LogP contribution in [-0.2, 0) is 40.5 Å². The fourth-order valence-electron chi connectivity index (χ4n) is 4.83. The van der Waals surface area contributed by atoms with Crippen molar-refractivity contribution in [1.29, 1.82) is 0 Å². The van der Waals surface area contributed by atoms with Crippen molar-refractivity contribution >= 4 is 15.9 Å². The van der Waals surface area contributed by atoms with E-state index < -0.39 is 33.7 Å². The lowest BCUT2D eigenvalue weighted by atomic mass is 9.95.